The Morgan fingerprint density at radius 2 is 0.917 bits per heavy atom. The number of ether oxygens (including phenoxy) is 4. The lowest BCUT2D eigenvalue weighted by molar-refractivity contribution is -0.263. The molecule has 0 unspecified atom stereocenters. The molecule has 2 heterocycles. The largest absolute Gasteiger partial charge is 0.368 e. The predicted molar refractivity (Wildman–Crippen MR) is 186 cm³/mol. The summed E-state index contributed by atoms with van der Waals surface area (Å²) in [5.41, 5.74) is 6.57. The molecule has 0 bridgehead atoms. The van der Waals surface area contributed by atoms with Crippen LogP contribution in [0.5, 0.6) is 0 Å². The number of hydrogen-bond acceptors (Lipinski definition) is 6. The van der Waals surface area contributed by atoms with Crippen LogP contribution in [0.3, 0.4) is 0 Å². The van der Waals surface area contributed by atoms with Crippen molar-refractivity contribution in [1.82, 2.24) is 5.16 Å². The van der Waals surface area contributed by atoms with Crippen molar-refractivity contribution in [3.8, 4) is 22.6 Å². The third kappa shape index (κ3) is 7.33. The highest BCUT2D eigenvalue weighted by atomic mass is 16.6. The van der Waals surface area contributed by atoms with E-state index in [1.165, 1.54) is 0 Å². The van der Waals surface area contributed by atoms with Gasteiger partial charge in [-0.25, -0.2) is 0 Å². The molecule has 0 radical (unpaired) electrons. The molecule has 0 spiro atoms. The second-order valence-corrected chi connectivity index (χ2v) is 12.1. The summed E-state index contributed by atoms with van der Waals surface area (Å²) in [6, 6.07) is 50.7. The lowest BCUT2D eigenvalue weighted by atomic mass is 9.87. The van der Waals surface area contributed by atoms with Gasteiger partial charge in [-0.15, -0.1) is 0 Å². The quantitative estimate of drug-likeness (QED) is 0.133. The van der Waals surface area contributed by atoms with Crippen LogP contribution in [0.1, 0.15) is 35.3 Å². The van der Waals surface area contributed by atoms with Crippen LogP contribution in [-0.2, 0) is 38.8 Å². The minimum Gasteiger partial charge on any atom is -0.368 e. The predicted octanol–water partition coefficient (Wildman–Crippen LogP) is 9.22. The van der Waals surface area contributed by atoms with E-state index in [2.05, 4.69) is 41.6 Å². The Hall–Kier alpha value is -4.85. The Bertz CT molecular complexity index is 1770. The zero-order chi connectivity index (χ0) is 32.5. The van der Waals surface area contributed by atoms with Gasteiger partial charge in [0.05, 0.1) is 31.5 Å². The van der Waals surface area contributed by atoms with Crippen molar-refractivity contribution in [3.63, 3.8) is 0 Å². The molecule has 1 aliphatic heterocycles. The molecule has 0 saturated carbocycles. The topological polar surface area (TPSA) is 63.0 Å². The van der Waals surface area contributed by atoms with Gasteiger partial charge in [0.25, 0.3) is 0 Å². The maximum Gasteiger partial charge on any atom is 0.173 e. The Kier molecular flexibility index (Phi) is 10.2. The second kappa shape index (κ2) is 15.4. The van der Waals surface area contributed by atoms with E-state index in [-0.39, 0.29) is 6.10 Å². The van der Waals surface area contributed by atoms with E-state index in [9.17, 15) is 0 Å². The first kappa shape index (κ1) is 31.7. The van der Waals surface area contributed by atoms with Gasteiger partial charge in [-0.1, -0.05) is 157 Å². The van der Waals surface area contributed by atoms with Crippen molar-refractivity contribution >= 4 is 0 Å². The van der Waals surface area contributed by atoms with Gasteiger partial charge >= 0.3 is 0 Å². The molecule has 1 fully saturated rings. The van der Waals surface area contributed by atoms with Gasteiger partial charge in [-0.05, 0) is 23.6 Å². The molecule has 242 valence electrons. The molecule has 0 aliphatic carbocycles. The standard InChI is InChI=1S/C42H39NO5/c1-30-38(44-27-31-17-7-2-8-18-31)41(45-28-32-19-9-3-10-20-32)42(46-29-33-21-11-4-12-22-33)40(47-30)36-37(34-23-13-5-14-24-34)43-48-39(36)35-25-15-6-16-26-35/h2-26,30,38,40-42H,27-29H2,1H3/t30-,38+,40+,41+,42+/m0/s1. The molecule has 0 amide bonds. The fourth-order valence-corrected chi connectivity index (χ4v) is 6.31. The first-order chi connectivity index (χ1) is 23.7. The summed E-state index contributed by atoms with van der Waals surface area (Å²) in [7, 11) is 0. The summed E-state index contributed by atoms with van der Waals surface area (Å²) < 4.78 is 33.7. The van der Waals surface area contributed by atoms with Gasteiger partial charge in [0.1, 0.15) is 30.1 Å². The summed E-state index contributed by atoms with van der Waals surface area (Å²) in [4.78, 5) is 0. The molecule has 6 heteroatoms. The first-order valence-corrected chi connectivity index (χ1v) is 16.5. The van der Waals surface area contributed by atoms with Crippen LogP contribution in [0, 0.1) is 0 Å². The minimum absolute atomic E-state index is 0.349. The van der Waals surface area contributed by atoms with Gasteiger partial charge in [0, 0.05) is 11.1 Å². The first-order valence-electron chi connectivity index (χ1n) is 16.5. The summed E-state index contributed by atoms with van der Waals surface area (Å²) >= 11 is 0. The molecule has 0 N–H and O–H groups in total. The molecule has 6 aromatic rings. The van der Waals surface area contributed by atoms with E-state index in [1.807, 2.05) is 122 Å². The molecule has 1 saturated heterocycles. The lowest BCUT2D eigenvalue weighted by Gasteiger charge is -2.45. The van der Waals surface area contributed by atoms with Crippen molar-refractivity contribution in [3.05, 3.63) is 174 Å². The van der Waals surface area contributed by atoms with E-state index in [1.54, 1.807) is 0 Å². The molecule has 5 atom stereocenters. The van der Waals surface area contributed by atoms with Crippen molar-refractivity contribution in [1.29, 1.82) is 0 Å². The third-order valence-electron chi connectivity index (χ3n) is 8.72. The zero-order valence-electron chi connectivity index (χ0n) is 26.9. The van der Waals surface area contributed by atoms with E-state index in [4.69, 9.17) is 23.5 Å². The number of nitrogens with zero attached hydrogens (tertiary/aromatic N) is 1. The minimum atomic E-state index is -0.585. The number of rotatable bonds is 12. The molecular weight excluding hydrogens is 598 g/mol. The highest BCUT2D eigenvalue weighted by molar-refractivity contribution is 5.73. The highest BCUT2D eigenvalue weighted by Crippen LogP contribution is 2.45. The van der Waals surface area contributed by atoms with Gasteiger partial charge in [0.2, 0.25) is 0 Å². The summed E-state index contributed by atoms with van der Waals surface area (Å²) in [6.07, 6.45) is -2.43. The van der Waals surface area contributed by atoms with Crippen LogP contribution in [0.2, 0.25) is 0 Å². The van der Waals surface area contributed by atoms with E-state index in [0.717, 1.165) is 33.4 Å². The molecule has 1 aliphatic rings. The highest BCUT2D eigenvalue weighted by Gasteiger charge is 2.49. The van der Waals surface area contributed by atoms with Gasteiger partial charge in [-0.3, -0.25) is 0 Å². The van der Waals surface area contributed by atoms with Crippen LogP contribution in [0.4, 0.5) is 0 Å². The van der Waals surface area contributed by atoms with E-state index >= 15 is 0 Å². The van der Waals surface area contributed by atoms with Crippen molar-refractivity contribution in [2.45, 2.75) is 57.3 Å². The number of aromatic nitrogens is 1. The van der Waals surface area contributed by atoms with Crippen LogP contribution in [0.25, 0.3) is 22.6 Å². The van der Waals surface area contributed by atoms with Gasteiger partial charge in [0.15, 0.2) is 5.76 Å². The summed E-state index contributed by atoms with van der Waals surface area (Å²) in [6.45, 7) is 3.22. The number of hydrogen-bond donors (Lipinski definition) is 0. The third-order valence-corrected chi connectivity index (χ3v) is 8.72. The Morgan fingerprint density at radius 3 is 1.42 bits per heavy atom. The lowest BCUT2D eigenvalue weighted by Crippen LogP contribution is -2.56. The maximum atomic E-state index is 7.01. The summed E-state index contributed by atoms with van der Waals surface area (Å²) in [5.74, 6) is 0.644. The zero-order valence-corrected chi connectivity index (χ0v) is 26.9. The molecule has 6 nitrogen and oxygen atoms in total. The Labute approximate surface area is 281 Å². The Balaban J connectivity index is 1.32. The monoisotopic (exact) mass is 637 g/mol. The smallest absolute Gasteiger partial charge is 0.173 e. The average Bonchev–Trinajstić information content (AvgIpc) is 3.60. The van der Waals surface area contributed by atoms with Crippen LogP contribution >= 0.6 is 0 Å². The fourth-order valence-electron chi connectivity index (χ4n) is 6.31. The van der Waals surface area contributed by atoms with E-state index in [0.29, 0.717) is 31.3 Å². The molecule has 1 aromatic heterocycles. The SMILES string of the molecule is C[C@@H]1O[C@H](c2c(-c3ccccc3)noc2-c2ccccc2)[C@@H](OCc2ccccc2)[C@H](OCc2ccccc2)[C@@H]1OCc1ccccc1. The van der Waals surface area contributed by atoms with Crippen LogP contribution in [-0.4, -0.2) is 29.6 Å². The summed E-state index contributed by atoms with van der Waals surface area (Å²) in [5, 5.41) is 4.65. The van der Waals surface area contributed by atoms with Crippen LogP contribution in [0.15, 0.2) is 156 Å². The number of benzene rings is 5. The van der Waals surface area contributed by atoms with E-state index < -0.39 is 24.4 Å². The average molecular weight is 638 g/mol. The van der Waals surface area contributed by atoms with Crippen molar-refractivity contribution < 1.29 is 23.5 Å². The van der Waals surface area contributed by atoms with Crippen molar-refractivity contribution in [2.75, 3.05) is 0 Å². The molecule has 48 heavy (non-hydrogen) atoms. The molecule has 5 aromatic carbocycles. The fraction of sp³-hybridized carbons (Fsp3) is 0.214. The molecule has 7 rings (SSSR count). The Morgan fingerprint density at radius 1 is 0.500 bits per heavy atom. The van der Waals surface area contributed by atoms with Gasteiger partial charge < -0.3 is 23.5 Å². The maximum absolute atomic E-state index is 7.01. The normalized spacial score (nSPS) is 20.8. The van der Waals surface area contributed by atoms with Crippen molar-refractivity contribution in [2.24, 2.45) is 0 Å². The van der Waals surface area contributed by atoms with Gasteiger partial charge in [-0.2, -0.15) is 0 Å². The molecular formula is C42H39NO5. The van der Waals surface area contributed by atoms with Crippen LogP contribution < -0.4 is 0 Å². The second-order valence-electron chi connectivity index (χ2n) is 12.1.